The quantitative estimate of drug-likeness (QED) is 0.843. The van der Waals surface area contributed by atoms with E-state index in [2.05, 4.69) is 0 Å². The SMILES string of the molecule is CCN(C[C@@H]1COC[C@@H](O)[C@H]1O)C(=O)C1(c2ccccc2F)CC1. The van der Waals surface area contributed by atoms with Crippen molar-refractivity contribution in [2.24, 2.45) is 5.92 Å². The van der Waals surface area contributed by atoms with Crippen molar-refractivity contribution in [3.8, 4) is 0 Å². The van der Waals surface area contributed by atoms with Crippen LogP contribution in [0.4, 0.5) is 4.39 Å². The number of hydrogen-bond acceptors (Lipinski definition) is 4. The van der Waals surface area contributed by atoms with Gasteiger partial charge in [0.2, 0.25) is 5.91 Å². The fourth-order valence-electron chi connectivity index (χ4n) is 3.53. The predicted octanol–water partition coefficient (Wildman–Crippen LogP) is 1.07. The second-order valence-corrected chi connectivity index (χ2v) is 6.76. The molecule has 0 aromatic heterocycles. The zero-order valence-corrected chi connectivity index (χ0v) is 13.8. The monoisotopic (exact) mass is 337 g/mol. The Kier molecular flexibility index (Phi) is 4.90. The molecule has 3 rings (SSSR count). The summed E-state index contributed by atoms with van der Waals surface area (Å²) in [6, 6.07) is 6.43. The van der Waals surface area contributed by atoms with Crippen LogP contribution in [0.5, 0.6) is 0 Å². The van der Waals surface area contributed by atoms with Gasteiger partial charge in [-0.25, -0.2) is 4.39 Å². The molecule has 0 radical (unpaired) electrons. The van der Waals surface area contributed by atoms with Gasteiger partial charge in [0.25, 0.3) is 0 Å². The molecule has 132 valence electrons. The molecule has 1 amide bonds. The summed E-state index contributed by atoms with van der Waals surface area (Å²) in [5.41, 5.74) is -0.325. The molecular formula is C18H24FNO4. The molecule has 6 heteroatoms. The van der Waals surface area contributed by atoms with Crippen LogP contribution in [0.1, 0.15) is 25.3 Å². The summed E-state index contributed by atoms with van der Waals surface area (Å²) < 4.78 is 19.4. The highest BCUT2D eigenvalue weighted by Gasteiger charge is 2.54. The number of aliphatic hydroxyl groups excluding tert-OH is 2. The highest BCUT2D eigenvalue weighted by molar-refractivity contribution is 5.91. The first-order chi connectivity index (χ1) is 11.5. The Hall–Kier alpha value is -1.50. The number of aliphatic hydroxyl groups is 2. The zero-order chi connectivity index (χ0) is 17.3. The van der Waals surface area contributed by atoms with Crippen molar-refractivity contribution >= 4 is 5.91 Å². The molecule has 2 aliphatic rings. The maximum Gasteiger partial charge on any atom is 0.233 e. The molecule has 24 heavy (non-hydrogen) atoms. The molecule has 3 atom stereocenters. The van der Waals surface area contributed by atoms with Crippen LogP contribution in [-0.2, 0) is 14.9 Å². The van der Waals surface area contributed by atoms with E-state index in [9.17, 15) is 19.4 Å². The minimum absolute atomic E-state index is 0.108. The van der Waals surface area contributed by atoms with Crippen molar-refractivity contribution in [1.82, 2.24) is 4.90 Å². The van der Waals surface area contributed by atoms with Gasteiger partial charge in [-0.2, -0.15) is 0 Å². The summed E-state index contributed by atoms with van der Waals surface area (Å²) in [6.07, 6.45) is -0.575. The fourth-order valence-corrected chi connectivity index (χ4v) is 3.53. The first-order valence-corrected chi connectivity index (χ1v) is 8.48. The largest absolute Gasteiger partial charge is 0.390 e. The average Bonchev–Trinajstić information content (AvgIpc) is 3.38. The minimum atomic E-state index is -0.931. The Morgan fingerprint density at radius 2 is 2.04 bits per heavy atom. The number of nitrogens with zero attached hydrogens (tertiary/aromatic N) is 1. The van der Waals surface area contributed by atoms with E-state index in [1.807, 2.05) is 6.92 Å². The van der Waals surface area contributed by atoms with E-state index in [1.54, 1.807) is 23.1 Å². The normalized spacial score (nSPS) is 28.4. The first-order valence-electron chi connectivity index (χ1n) is 8.48. The van der Waals surface area contributed by atoms with Crippen LogP contribution in [0.25, 0.3) is 0 Å². The molecule has 1 saturated carbocycles. The summed E-state index contributed by atoms with van der Waals surface area (Å²) in [7, 11) is 0. The van der Waals surface area contributed by atoms with Crippen molar-refractivity contribution in [2.75, 3.05) is 26.3 Å². The third kappa shape index (κ3) is 3.06. The molecular weight excluding hydrogens is 313 g/mol. The maximum atomic E-state index is 14.2. The predicted molar refractivity (Wildman–Crippen MR) is 85.9 cm³/mol. The van der Waals surface area contributed by atoms with Gasteiger partial charge >= 0.3 is 0 Å². The number of likely N-dealkylation sites (N-methyl/N-ethyl adjacent to an activating group) is 1. The number of amides is 1. The molecule has 1 aliphatic carbocycles. The van der Waals surface area contributed by atoms with Crippen LogP contribution in [0, 0.1) is 11.7 Å². The Balaban J connectivity index is 1.76. The molecule has 1 saturated heterocycles. The molecule has 1 heterocycles. The second-order valence-electron chi connectivity index (χ2n) is 6.76. The third-order valence-corrected chi connectivity index (χ3v) is 5.17. The lowest BCUT2D eigenvalue weighted by Gasteiger charge is -2.36. The van der Waals surface area contributed by atoms with E-state index in [1.165, 1.54) is 6.07 Å². The highest BCUT2D eigenvalue weighted by Crippen LogP contribution is 2.50. The summed E-state index contributed by atoms with van der Waals surface area (Å²) >= 11 is 0. The van der Waals surface area contributed by atoms with Gasteiger partial charge in [0.05, 0.1) is 24.7 Å². The minimum Gasteiger partial charge on any atom is -0.390 e. The summed E-state index contributed by atoms with van der Waals surface area (Å²) in [4.78, 5) is 14.7. The van der Waals surface area contributed by atoms with Crippen molar-refractivity contribution in [1.29, 1.82) is 0 Å². The molecule has 0 bridgehead atoms. The van der Waals surface area contributed by atoms with Gasteiger partial charge in [0.15, 0.2) is 0 Å². The number of carbonyl (C=O) groups excluding carboxylic acids is 1. The van der Waals surface area contributed by atoms with Crippen molar-refractivity contribution in [2.45, 2.75) is 37.4 Å². The first kappa shape index (κ1) is 17.3. The lowest BCUT2D eigenvalue weighted by Crippen LogP contribution is -2.51. The average molecular weight is 337 g/mol. The summed E-state index contributed by atoms with van der Waals surface area (Å²) in [5, 5.41) is 19.8. The van der Waals surface area contributed by atoms with E-state index in [0.29, 0.717) is 38.1 Å². The summed E-state index contributed by atoms with van der Waals surface area (Å²) in [5.74, 6) is -0.799. The Morgan fingerprint density at radius 1 is 1.33 bits per heavy atom. The fraction of sp³-hybridized carbons (Fsp3) is 0.611. The van der Waals surface area contributed by atoms with Crippen LogP contribution in [-0.4, -0.2) is 59.5 Å². The van der Waals surface area contributed by atoms with Crippen LogP contribution < -0.4 is 0 Å². The molecule has 1 aromatic carbocycles. The molecule has 1 aromatic rings. The number of rotatable bonds is 5. The van der Waals surface area contributed by atoms with Gasteiger partial charge < -0.3 is 19.8 Å². The van der Waals surface area contributed by atoms with Gasteiger partial charge in [-0.1, -0.05) is 18.2 Å². The number of carbonyl (C=O) groups is 1. The van der Waals surface area contributed by atoms with Crippen LogP contribution in [0.15, 0.2) is 24.3 Å². The standard InChI is InChI=1S/C18H24FNO4/c1-2-20(9-12-10-24-11-15(21)16(12)22)17(23)18(7-8-18)13-5-3-4-6-14(13)19/h3-6,12,15-16,21-22H,2,7-11H2,1H3/t12-,15-,16+/m1/s1. The molecule has 5 nitrogen and oxygen atoms in total. The van der Waals surface area contributed by atoms with Gasteiger partial charge in [-0.3, -0.25) is 4.79 Å². The number of benzene rings is 1. The van der Waals surface area contributed by atoms with Gasteiger partial charge in [-0.05, 0) is 25.8 Å². The number of ether oxygens (including phenoxy) is 1. The van der Waals surface area contributed by atoms with Crippen molar-refractivity contribution in [3.63, 3.8) is 0 Å². The third-order valence-electron chi connectivity index (χ3n) is 5.17. The number of hydrogen-bond donors (Lipinski definition) is 2. The van der Waals surface area contributed by atoms with E-state index in [-0.39, 0.29) is 24.2 Å². The zero-order valence-electron chi connectivity index (χ0n) is 13.8. The van der Waals surface area contributed by atoms with Crippen LogP contribution in [0.2, 0.25) is 0 Å². The summed E-state index contributed by atoms with van der Waals surface area (Å²) in [6.45, 7) is 3.03. The van der Waals surface area contributed by atoms with Gasteiger partial charge in [0.1, 0.15) is 11.9 Å². The van der Waals surface area contributed by atoms with E-state index in [4.69, 9.17) is 4.74 Å². The number of halogens is 1. The van der Waals surface area contributed by atoms with Crippen molar-refractivity contribution in [3.05, 3.63) is 35.6 Å². The smallest absolute Gasteiger partial charge is 0.233 e. The van der Waals surface area contributed by atoms with Gasteiger partial charge in [0, 0.05) is 24.6 Å². The molecule has 1 aliphatic heterocycles. The molecule has 0 spiro atoms. The Morgan fingerprint density at radius 3 is 2.67 bits per heavy atom. The Labute approximate surface area is 141 Å². The second kappa shape index (κ2) is 6.78. The lowest BCUT2D eigenvalue weighted by atomic mass is 9.91. The maximum absolute atomic E-state index is 14.2. The lowest BCUT2D eigenvalue weighted by molar-refractivity contribution is -0.143. The van der Waals surface area contributed by atoms with Crippen LogP contribution >= 0.6 is 0 Å². The Bertz CT molecular complexity index is 604. The van der Waals surface area contributed by atoms with E-state index >= 15 is 0 Å². The highest BCUT2D eigenvalue weighted by atomic mass is 19.1. The van der Waals surface area contributed by atoms with E-state index in [0.717, 1.165) is 0 Å². The van der Waals surface area contributed by atoms with Crippen molar-refractivity contribution < 1.29 is 24.1 Å². The van der Waals surface area contributed by atoms with E-state index < -0.39 is 17.6 Å². The molecule has 2 N–H and O–H groups in total. The molecule has 2 fully saturated rings. The van der Waals surface area contributed by atoms with Crippen LogP contribution in [0.3, 0.4) is 0 Å². The topological polar surface area (TPSA) is 70.0 Å². The molecule has 0 unspecified atom stereocenters. The van der Waals surface area contributed by atoms with Gasteiger partial charge in [-0.15, -0.1) is 0 Å².